The fraction of sp³-hybridized carbons (Fsp3) is 0.600. The Kier molecular flexibility index (Phi) is 4.61. The van der Waals surface area contributed by atoms with Crippen molar-refractivity contribution < 1.29 is 4.74 Å². The van der Waals surface area contributed by atoms with E-state index in [4.69, 9.17) is 4.74 Å². The van der Waals surface area contributed by atoms with Crippen molar-refractivity contribution in [2.24, 2.45) is 5.92 Å². The average Bonchev–Trinajstić information content (AvgIpc) is 2.87. The normalized spacial score (nSPS) is 21.3. The largest absolute Gasteiger partial charge is 0.384 e. The number of benzene rings is 1. The minimum atomic E-state index is 0.416. The summed E-state index contributed by atoms with van der Waals surface area (Å²) in [4.78, 5) is 2.46. The lowest BCUT2D eigenvalue weighted by Gasteiger charge is -2.20. The van der Waals surface area contributed by atoms with Crippen molar-refractivity contribution in [2.75, 3.05) is 38.8 Å². The molecular weight excluding hydrogens is 224 g/mol. The van der Waals surface area contributed by atoms with Gasteiger partial charge in [0.15, 0.2) is 0 Å². The van der Waals surface area contributed by atoms with Crippen LogP contribution in [-0.4, -0.2) is 33.9 Å². The predicted octanol–water partition coefficient (Wildman–Crippen LogP) is 2.44. The SMILES string of the molecule is CNC(C)c1ccc(N2CCC(COC)C2)cc1. The number of nitrogens with one attached hydrogen (secondary N) is 1. The van der Waals surface area contributed by atoms with Crippen molar-refractivity contribution in [1.82, 2.24) is 5.32 Å². The minimum Gasteiger partial charge on any atom is -0.384 e. The Labute approximate surface area is 110 Å². The Morgan fingerprint density at radius 1 is 1.39 bits per heavy atom. The lowest BCUT2D eigenvalue weighted by molar-refractivity contribution is 0.161. The van der Waals surface area contributed by atoms with Crippen LogP contribution in [0.25, 0.3) is 0 Å². The van der Waals surface area contributed by atoms with Crippen molar-refractivity contribution in [3.63, 3.8) is 0 Å². The molecule has 0 aliphatic carbocycles. The molecule has 1 aromatic carbocycles. The Morgan fingerprint density at radius 3 is 2.72 bits per heavy atom. The summed E-state index contributed by atoms with van der Waals surface area (Å²) in [6.45, 7) is 5.33. The first-order valence-corrected chi connectivity index (χ1v) is 6.75. The fourth-order valence-corrected chi connectivity index (χ4v) is 2.58. The molecule has 2 unspecified atom stereocenters. The third-order valence-corrected chi connectivity index (χ3v) is 3.88. The summed E-state index contributed by atoms with van der Waals surface area (Å²) in [5, 5.41) is 3.26. The highest BCUT2D eigenvalue weighted by Gasteiger charge is 2.22. The second-order valence-corrected chi connectivity index (χ2v) is 5.16. The molecule has 2 atom stereocenters. The first kappa shape index (κ1) is 13.4. The van der Waals surface area contributed by atoms with Gasteiger partial charge in [-0.25, -0.2) is 0 Å². The number of nitrogens with zero attached hydrogens (tertiary/aromatic N) is 1. The van der Waals surface area contributed by atoms with Crippen molar-refractivity contribution in [3.05, 3.63) is 29.8 Å². The van der Waals surface area contributed by atoms with E-state index in [0.717, 1.165) is 19.7 Å². The first-order chi connectivity index (χ1) is 8.74. The van der Waals surface area contributed by atoms with Gasteiger partial charge in [0.2, 0.25) is 0 Å². The minimum absolute atomic E-state index is 0.416. The van der Waals surface area contributed by atoms with Gasteiger partial charge in [-0.15, -0.1) is 0 Å². The zero-order valence-corrected chi connectivity index (χ0v) is 11.6. The van der Waals surface area contributed by atoms with Crippen molar-refractivity contribution in [3.8, 4) is 0 Å². The van der Waals surface area contributed by atoms with Crippen molar-refractivity contribution in [2.45, 2.75) is 19.4 Å². The summed E-state index contributed by atoms with van der Waals surface area (Å²) in [7, 11) is 3.78. The molecule has 0 saturated carbocycles. The molecule has 18 heavy (non-hydrogen) atoms. The predicted molar refractivity (Wildman–Crippen MR) is 76.1 cm³/mol. The molecule has 1 heterocycles. The quantitative estimate of drug-likeness (QED) is 0.866. The zero-order chi connectivity index (χ0) is 13.0. The van der Waals surface area contributed by atoms with Crippen LogP contribution in [0, 0.1) is 5.92 Å². The first-order valence-electron chi connectivity index (χ1n) is 6.75. The third-order valence-electron chi connectivity index (χ3n) is 3.88. The molecule has 0 radical (unpaired) electrons. The van der Waals surface area contributed by atoms with Gasteiger partial charge in [0.05, 0.1) is 6.61 Å². The van der Waals surface area contributed by atoms with Crippen LogP contribution < -0.4 is 10.2 Å². The molecule has 1 aromatic rings. The monoisotopic (exact) mass is 248 g/mol. The topological polar surface area (TPSA) is 24.5 Å². The number of methoxy groups -OCH3 is 1. The van der Waals surface area contributed by atoms with Crippen molar-refractivity contribution >= 4 is 5.69 Å². The highest BCUT2D eigenvalue weighted by molar-refractivity contribution is 5.48. The van der Waals surface area contributed by atoms with E-state index in [0.29, 0.717) is 12.0 Å². The zero-order valence-electron chi connectivity index (χ0n) is 11.6. The molecule has 1 aliphatic rings. The molecule has 100 valence electrons. The van der Waals surface area contributed by atoms with E-state index in [-0.39, 0.29) is 0 Å². The average molecular weight is 248 g/mol. The van der Waals surface area contributed by atoms with Gasteiger partial charge in [0.1, 0.15) is 0 Å². The number of hydrogen-bond acceptors (Lipinski definition) is 3. The number of hydrogen-bond donors (Lipinski definition) is 1. The third kappa shape index (κ3) is 3.03. The Balaban J connectivity index is 1.98. The molecule has 0 aromatic heterocycles. The lowest BCUT2D eigenvalue weighted by Crippen LogP contribution is -2.21. The van der Waals surface area contributed by atoms with Crippen LogP contribution in [0.2, 0.25) is 0 Å². The molecular formula is C15H24N2O. The molecule has 1 fully saturated rings. The van der Waals surface area contributed by atoms with E-state index in [1.165, 1.54) is 17.7 Å². The smallest absolute Gasteiger partial charge is 0.0508 e. The second-order valence-electron chi connectivity index (χ2n) is 5.16. The standard InChI is InChI=1S/C15H24N2O/c1-12(16-2)14-4-6-15(7-5-14)17-9-8-13(10-17)11-18-3/h4-7,12-13,16H,8-11H2,1-3H3. The van der Waals surface area contributed by atoms with Crippen LogP contribution >= 0.6 is 0 Å². The van der Waals surface area contributed by atoms with Crippen LogP contribution in [0.3, 0.4) is 0 Å². The molecule has 2 rings (SSSR count). The Hall–Kier alpha value is -1.06. The van der Waals surface area contributed by atoms with Crippen molar-refractivity contribution in [1.29, 1.82) is 0 Å². The van der Waals surface area contributed by atoms with E-state index in [1.54, 1.807) is 7.11 Å². The van der Waals surface area contributed by atoms with E-state index >= 15 is 0 Å². The maximum Gasteiger partial charge on any atom is 0.0508 e. The van der Waals surface area contributed by atoms with E-state index in [1.807, 2.05) is 7.05 Å². The molecule has 1 aliphatic heterocycles. The maximum absolute atomic E-state index is 5.24. The van der Waals surface area contributed by atoms with E-state index in [2.05, 4.69) is 41.4 Å². The van der Waals surface area contributed by atoms with Gasteiger partial charge >= 0.3 is 0 Å². The van der Waals surface area contributed by atoms with E-state index in [9.17, 15) is 0 Å². The maximum atomic E-state index is 5.24. The van der Waals surface area contributed by atoms with Crippen LogP contribution in [0.4, 0.5) is 5.69 Å². The van der Waals surface area contributed by atoms with Gasteiger partial charge in [-0.1, -0.05) is 12.1 Å². The molecule has 1 N–H and O–H groups in total. The lowest BCUT2D eigenvalue weighted by atomic mass is 10.1. The summed E-state index contributed by atoms with van der Waals surface area (Å²) in [5.41, 5.74) is 2.68. The molecule has 0 amide bonds. The van der Waals surface area contributed by atoms with Crippen LogP contribution in [0.5, 0.6) is 0 Å². The van der Waals surface area contributed by atoms with Crippen LogP contribution in [0.15, 0.2) is 24.3 Å². The molecule has 0 spiro atoms. The molecule has 1 saturated heterocycles. The summed E-state index contributed by atoms with van der Waals surface area (Å²) in [6.07, 6.45) is 1.24. The van der Waals surface area contributed by atoms with Crippen LogP contribution in [-0.2, 0) is 4.74 Å². The summed E-state index contributed by atoms with van der Waals surface area (Å²) in [6, 6.07) is 9.33. The molecule has 0 bridgehead atoms. The Bertz CT molecular complexity index is 363. The van der Waals surface area contributed by atoms with E-state index < -0.39 is 0 Å². The fourth-order valence-electron chi connectivity index (χ4n) is 2.58. The Morgan fingerprint density at radius 2 is 2.11 bits per heavy atom. The number of ether oxygens (including phenoxy) is 1. The van der Waals surface area contributed by atoms with Gasteiger partial charge in [-0.2, -0.15) is 0 Å². The number of anilines is 1. The number of rotatable bonds is 5. The molecule has 3 nitrogen and oxygen atoms in total. The van der Waals surface area contributed by atoms with Gasteiger partial charge in [0.25, 0.3) is 0 Å². The van der Waals surface area contributed by atoms with Gasteiger partial charge < -0.3 is 15.0 Å². The second kappa shape index (κ2) is 6.21. The summed E-state index contributed by atoms with van der Waals surface area (Å²) >= 11 is 0. The summed E-state index contributed by atoms with van der Waals surface area (Å²) in [5.74, 6) is 0.686. The van der Waals surface area contributed by atoms with Gasteiger partial charge in [-0.3, -0.25) is 0 Å². The highest BCUT2D eigenvalue weighted by atomic mass is 16.5. The van der Waals surface area contributed by atoms with Gasteiger partial charge in [-0.05, 0) is 38.1 Å². The summed E-state index contributed by atoms with van der Waals surface area (Å²) < 4.78 is 5.24. The molecule has 3 heteroatoms. The van der Waals surface area contributed by atoms with Crippen LogP contribution in [0.1, 0.15) is 24.9 Å². The van der Waals surface area contributed by atoms with Gasteiger partial charge in [0, 0.05) is 37.8 Å². The highest BCUT2D eigenvalue weighted by Crippen LogP contribution is 2.25.